The SMILES string of the molecule is CC1CN(S(=O)(=O)c2scnc2C(=O)O)CCO1. The average Bonchev–Trinajstić information content (AvgIpc) is 2.78. The summed E-state index contributed by atoms with van der Waals surface area (Å²) in [4.78, 5) is 14.5. The third-order valence-corrected chi connectivity index (χ3v) is 5.73. The molecule has 2 rings (SSSR count). The minimum Gasteiger partial charge on any atom is -0.476 e. The van der Waals surface area contributed by atoms with E-state index >= 15 is 0 Å². The Balaban J connectivity index is 2.36. The van der Waals surface area contributed by atoms with Crippen molar-refractivity contribution in [3.8, 4) is 0 Å². The molecule has 1 saturated heterocycles. The van der Waals surface area contributed by atoms with Crippen molar-refractivity contribution < 1.29 is 23.1 Å². The van der Waals surface area contributed by atoms with Gasteiger partial charge in [-0.3, -0.25) is 0 Å². The van der Waals surface area contributed by atoms with Gasteiger partial charge in [0.25, 0.3) is 10.0 Å². The molecule has 0 aliphatic carbocycles. The monoisotopic (exact) mass is 292 g/mol. The lowest BCUT2D eigenvalue weighted by Crippen LogP contribution is -2.44. The van der Waals surface area contributed by atoms with Gasteiger partial charge in [-0.05, 0) is 6.92 Å². The summed E-state index contributed by atoms with van der Waals surface area (Å²) < 4.78 is 30.9. The molecule has 0 radical (unpaired) electrons. The number of rotatable bonds is 3. The zero-order chi connectivity index (χ0) is 13.3. The molecule has 1 N–H and O–H groups in total. The van der Waals surface area contributed by atoms with Crippen molar-refractivity contribution in [2.75, 3.05) is 19.7 Å². The standard InChI is InChI=1S/C9H12N2O5S2/c1-6-4-11(2-3-16-6)18(14,15)9-7(8(12)13)10-5-17-9/h5-6H,2-4H2,1H3,(H,12,13). The highest BCUT2D eigenvalue weighted by Crippen LogP contribution is 2.25. The van der Waals surface area contributed by atoms with Gasteiger partial charge in [-0.15, -0.1) is 11.3 Å². The van der Waals surface area contributed by atoms with Gasteiger partial charge in [0.2, 0.25) is 0 Å². The van der Waals surface area contributed by atoms with Crippen LogP contribution >= 0.6 is 11.3 Å². The maximum atomic E-state index is 12.3. The maximum Gasteiger partial charge on any atom is 0.356 e. The quantitative estimate of drug-likeness (QED) is 0.857. The highest BCUT2D eigenvalue weighted by atomic mass is 32.2. The van der Waals surface area contributed by atoms with Gasteiger partial charge in [-0.25, -0.2) is 18.2 Å². The molecule has 1 aromatic heterocycles. The zero-order valence-corrected chi connectivity index (χ0v) is 11.2. The number of hydrogen-bond acceptors (Lipinski definition) is 6. The molecule has 0 saturated carbocycles. The largest absolute Gasteiger partial charge is 0.476 e. The summed E-state index contributed by atoms with van der Waals surface area (Å²) in [5.74, 6) is -1.34. The van der Waals surface area contributed by atoms with Crippen LogP contribution in [0.25, 0.3) is 0 Å². The number of nitrogens with zero attached hydrogens (tertiary/aromatic N) is 2. The third-order valence-electron chi connectivity index (χ3n) is 2.52. The summed E-state index contributed by atoms with van der Waals surface area (Å²) in [6.07, 6.45) is -0.199. The topological polar surface area (TPSA) is 96.8 Å². The molecule has 1 fully saturated rings. The molecule has 0 spiro atoms. The fourth-order valence-electron chi connectivity index (χ4n) is 1.68. The molecule has 0 bridgehead atoms. The second kappa shape index (κ2) is 4.92. The van der Waals surface area contributed by atoms with Gasteiger partial charge in [0.1, 0.15) is 0 Å². The Bertz CT molecular complexity index is 553. The number of aromatic carboxylic acids is 1. The summed E-state index contributed by atoms with van der Waals surface area (Å²) in [6, 6.07) is 0. The van der Waals surface area contributed by atoms with Gasteiger partial charge in [0.05, 0.1) is 18.2 Å². The minimum absolute atomic E-state index is 0.199. The highest BCUT2D eigenvalue weighted by molar-refractivity contribution is 7.91. The Morgan fingerprint density at radius 1 is 1.67 bits per heavy atom. The van der Waals surface area contributed by atoms with Crippen LogP contribution in [0.15, 0.2) is 9.72 Å². The fourth-order valence-corrected chi connectivity index (χ4v) is 4.46. The number of ether oxygens (including phenoxy) is 1. The van der Waals surface area contributed by atoms with E-state index in [9.17, 15) is 13.2 Å². The Kier molecular flexibility index (Phi) is 3.66. The molecular formula is C9H12N2O5S2. The number of aromatic nitrogens is 1. The molecule has 1 atom stereocenters. The molecule has 100 valence electrons. The second-order valence-corrected chi connectivity index (χ2v) is 6.83. The Labute approximate surface area is 108 Å². The van der Waals surface area contributed by atoms with Crippen molar-refractivity contribution in [3.63, 3.8) is 0 Å². The molecule has 1 aromatic rings. The van der Waals surface area contributed by atoms with E-state index in [0.717, 1.165) is 11.3 Å². The molecule has 2 heterocycles. The molecule has 0 amide bonds. The van der Waals surface area contributed by atoms with Crippen LogP contribution in [0.3, 0.4) is 0 Å². The van der Waals surface area contributed by atoms with Crippen LogP contribution in [-0.2, 0) is 14.8 Å². The first-order valence-electron chi connectivity index (χ1n) is 5.21. The molecule has 1 aliphatic rings. The summed E-state index contributed by atoms with van der Waals surface area (Å²) in [6.45, 7) is 2.52. The summed E-state index contributed by atoms with van der Waals surface area (Å²) in [7, 11) is -3.80. The summed E-state index contributed by atoms with van der Waals surface area (Å²) in [5.41, 5.74) is 0.805. The predicted octanol–water partition coefficient (Wildman–Crippen LogP) is 0.251. The fraction of sp³-hybridized carbons (Fsp3) is 0.556. The van der Waals surface area contributed by atoms with E-state index in [4.69, 9.17) is 9.84 Å². The van der Waals surface area contributed by atoms with E-state index in [2.05, 4.69) is 4.98 Å². The van der Waals surface area contributed by atoms with Gasteiger partial charge < -0.3 is 9.84 Å². The van der Waals surface area contributed by atoms with Gasteiger partial charge >= 0.3 is 5.97 Å². The van der Waals surface area contributed by atoms with E-state index in [1.165, 1.54) is 9.82 Å². The predicted molar refractivity (Wildman–Crippen MR) is 63.2 cm³/mol. The molecule has 1 aliphatic heterocycles. The van der Waals surface area contributed by atoms with Crippen LogP contribution in [0.4, 0.5) is 0 Å². The first-order chi connectivity index (χ1) is 8.43. The van der Waals surface area contributed by atoms with Gasteiger partial charge in [-0.1, -0.05) is 0 Å². The van der Waals surface area contributed by atoms with E-state index in [-0.39, 0.29) is 23.4 Å². The lowest BCUT2D eigenvalue weighted by atomic mass is 10.3. The minimum atomic E-state index is -3.80. The second-order valence-electron chi connectivity index (χ2n) is 3.84. The van der Waals surface area contributed by atoms with Crippen molar-refractivity contribution in [3.05, 3.63) is 11.2 Å². The normalized spacial score (nSPS) is 21.9. The zero-order valence-electron chi connectivity index (χ0n) is 9.57. The average molecular weight is 292 g/mol. The van der Waals surface area contributed by atoms with Crippen molar-refractivity contribution in [1.82, 2.24) is 9.29 Å². The van der Waals surface area contributed by atoms with Crippen LogP contribution in [0.2, 0.25) is 0 Å². The molecular weight excluding hydrogens is 280 g/mol. The number of carboxylic acid groups (broad SMARTS) is 1. The summed E-state index contributed by atoms with van der Waals surface area (Å²) >= 11 is 0.817. The maximum absolute atomic E-state index is 12.3. The van der Waals surface area contributed by atoms with E-state index in [0.29, 0.717) is 6.61 Å². The van der Waals surface area contributed by atoms with Crippen LogP contribution in [0.1, 0.15) is 17.4 Å². The molecule has 7 nitrogen and oxygen atoms in total. The van der Waals surface area contributed by atoms with Crippen LogP contribution in [0.5, 0.6) is 0 Å². The Hall–Kier alpha value is -1.03. The number of sulfonamides is 1. The first kappa shape index (κ1) is 13.4. The number of morpholine rings is 1. The van der Waals surface area contributed by atoms with Crippen LogP contribution in [0, 0.1) is 0 Å². The first-order valence-corrected chi connectivity index (χ1v) is 7.53. The van der Waals surface area contributed by atoms with E-state index < -0.39 is 21.7 Å². The lowest BCUT2D eigenvalue weighted by molar-refractivity contribution is 0.0102. The number of hydrogen-bond donors (Lipinski definition) is 1. The third kappa shape index (κ3) is 2.39. The van der Waals surface area contributed by atoms with Crippen molar-refractivity contribution >= 4 is 27.3 Å². The van der Waals surface area contributed by atoms with E-state index in [1.807, 2.05) is 0 Å². The number of carboxylic acids is 1. The van der Waals surface area contributed by atoms with E-state index in [1.54, 1.807) is 6.92 Å². The number of carbonyl (C=O) groups is 1. The van der Waals surface area contributed by atoms with Gasteiger partial charge in [0, 0.05) is 13.1 Å². The molecule has 9 heteroatoms. The highest BCUT2D eigenvalue weighted by Gasteiger charge is 2.34. The van der Waals surface area contributed by atoms with Gasteiger partial charge in [-0.2, -0.15) is 4.31 Å². The lowest BCUT2D eigenvalue weighted by Gasteiger charge is -2.29. The molecule has 18 heavy (non-hydrogen) atoms. The smallest absolute Gasteiger partial charge is 0.356 e. The van der Waals surface area contributed by atoms with Crippen molar-refractivity contribution in [1.29, 1.82) is 0 Å². The van der Waals surface area contributed by atoms with Crippen LogP contribution in [-0.4, -0.2) is 54.6 Å². The molecule has 1 unspecified atom stereocenters. The van der Waals surface area contributed by atoms with Crippen LogP contribution < -0.4 is 0 Å². The Morgan fingerprint density at radius 3 is 3.00 bits per heavy atom. The van der Waals surface area contributed by atoms with Gasteiger partial charge in [0.15, 0.2) is 9.90 Å². The van der Waals surface area contributed by atoms with Crippen molar-refractivity contribution in [2.24, 2.45) is 0 Å². The summed E-state index contributed by atoms with van der Waals surface area (Å²) in [5, 5.41) is 8.90. The molecule has 0 aromatic carbocycles. The Morgan fingerprint density at radius 2 is 2.39 bits per heavy atom. The van der Waals surface area contributed by atoms with Crippen molar-refractivity contribution in [2.45, 2.75) is 17.2 Å². The number of thiazole rings is 1.